The molecule has 0 aromatic heterocycles. The van der Waals surface area contributed by atoms with Gasteiger partial charge in [0.15, 0.2) is 0 Å². The van der Waals surface area contributed by atoms with Gasteiger partial charge in [0.2, 0.25) is 0 Å². The second kappa shape index (κ2) is 6.41. The molecule has 0 heterocycles. The molecule has 1 aromatic carbocycles. The van der Waals surface area contributed by atoms with Crippen LogP contribution in [-0.4, -0.2) is 22.6 Å². The lowest BCUT2D eigenvalue weighted by molar-refractivity contribution is -0.137. The van der Waals surface area contributed by atoms with Crippen LogP contribution in [0.3, 0.4) is 0 Å². The predicted molar refractivity (Wildman–Crippen MR) is 79.0 cm³/mol. The van der Waals surface area contributed by atoms with Gasteiger partial charge in [0.05, 0.1) is 0 Å². The lowest BCUT2D eigenvalue weighted by Gasteiger charge is -2.26. The molecule has 3 N–H and O–H groups in total. The van der Waals surface area contributed by atoms with Crippen molar-refractivity contribution < 1.29 is 14.7 Å². The zero-order valence-corrected chi connectivity index (χ0v) is 12.4. The summed E-state index contributed by atoms with van der Waals surface area (Å²) in [6.07, 6.45) is 0.402. The van der Waals surface area contributed by atoms with E-state index in [2.05, 4.69) is 10.6 Å². The summed E-state index contributed by atoms with van der Waals surface area (Å²) in [6, 6.07) is 5.50. The lowest BCUT2D eigenvalue weighted by atomic mass is 9.99. The second-order valence-corrected chi connectivity index (χ2v) is 5.68. The molecule has 1 aromatic rings. The number of carbonyl (C=O) groups excluding carboxylic acids is 1. The number of rotatable bonds is 5. The molecule has 110 valence electrons. The highest BCUT2D eigenvalue weighted by Crippen LogP contribution is 2.17. The number of urea groups is 1. The summed E-state index contributed by atoms with van der Waals surface area (Å²) in [5.74, 6) is -0.866. The van der Waals surface area contributed by atoms with Crippen LogP contribution in [0.5, 0.6) is 0 Å². The summed E-state index contributed by atoms with van der Waals surface area (Å²) in [6.45, 7) is 7.49. The van der Waals surface area contributed by atoms with Gasteiger partial charge in [-0.05, 0) is 51.3 Å². The molecule has 0 unspecified atom stereocenters. The molecule has 0 aliphatic heterocycles. The monoisotopic (exact) mass is 278 g/mol. The van der Waals surface area contributed by atoms with Crippen molar-refractivity contribution in [3.8, 4) is 0 Å². The normalized spacial score (nSPS) is 11.0. The molecule has 0 aliphatic carbocycles. The second-order valence-electron chi connectivity index (χ2n) is 5.68. The maximum Gasteiger partial charge on any atom is 0.319 e. The van der Waals surface area contributed by atoms with Crippen LogP contribution in [0.1, 0.15) is 37.8 Å². The van der Waals surface area contributed by atoms with Crippen LogP contribution < -0.4 is 10.6 Å². The van der Waals surface area contributed by atoms with E-state index in [1.54, 1.807) is 13.8 Å². The van der Waals surface area contributed by atoms with E-state index in [1.165, 1.54) is 0 Å². The number of aryl methyl sites for hydroxylation is 2. The van der Waals surface area contributed by atoms with Gasteiger partial charge in [0.1, 0.15) is 0 Å². The minimum atomic E-state index is -0.866. The van der Waals surface area contributed by atoms with E-state index >= 15 is 0 Å². The van der Waals surface area contributed by atoms with E-state index in [9.17, 15) is 9.59 Å². The lowest BCUT2D eigenvalue weighted by Crippen LogP contribution is -2.45. The van der Waals surface area contributed by atoms with Crippen LogP contribution >= 0.6 is 0 Å². The number of amides is 2. The summed E-state index contributed by atoms with van der Waals surface area (Å²) < 4.78 is 0. The van der Waals surface area contributed by atoms with Crippen molar-refractivity contribution in [3.05, 3.63) is 29.3 Å². The topological polar surface area (TPSA) is 78.4 Å². The first-order valence-corrected chi connectivity index (χ1v) is 6.58. The van der Waals surface area contributed by atoms with Crippen molar-refractivity contribution in [1.29, 1.82) is 0 Å². The van der Waals surface area contributed by atoms with Crippen molar-refractivity contribution in [3.63, 3.8) is 0 Å². The molecule has 0 saturated carbocycles. The molecular formula is C15H22N2O3. The number of carboxylic acids is 1. The molecular weight excluding hydrogens is 256 g/mol. The minimum Gasteiger partial charge on any atom is -0.481 e. The van der Waals surface area contributed by atoms with Gasteiger partial charge < -0.3 is 15.7 Å². The van der Waals surface area contributed by atoms with Crippen molar-refractivity contribution in [1.82, 2.24) is 5.32 Å². The Bertz CT molecular complexity index is 510. The van der Waals surface area contributed by atoms with Gasteiger partial charge in [-0.15, -0.1) is 0 Å². The standard InChI is InChI=1S/C15H22N2O3/c1-10-5-6-11(2)12(9-10)16-14(20)17-15(3,4)8-7-13(18)19/h5-6,9H,7-8H2,1-4H3,(H,18,19)(H2,16,17,20). The predicted octanol–water partition coefficient (Wildman–Crippen LogP) is 3.07. The van der Waals surface area contributed by atoms with E-state index in [-0.39, 0.29) is 12.5 Å². The van der Waals surface area contributed by atoms with Crippen LogP contribution in [0.25, 0.3) is 0 Å². The summed E-state index contributed by atoms with van der Waals surface area (Å²) in [5, 5.41) is 14.3. The van der Waals surface area contributed by atoms with E-state index in [0.29, 0.717) is 6.42 Å². The molecule has 0 fully saturated rings. The molecule has 1 rings (SSSR count). The van der Waals surface area contributed by atoms with Gasteiger partial charge in [-0.1, -0.05) is 12.1 Å². The van der Waals surface area contributed by atoms with Crippen LogP contribution in [0.15, 0.2) is 18.2 Å². The maximum absolute atomic E-state index is 12.0. The average Bonchev–Trinajstić information content (AvgIpc) is 2.31. The Labute approximate surface area is 119 Å². The summed E-state index contributed by atoms with van der Waals surface area (Å²) in [4.78, 5) is 22.5. The van der Waals surface area contributed by atoms with E-state index in [1.807, 2.05) is 32.0 Å². The fraction of sp³-hybridized carbons (Fsp3) is 0.467. The Balaban J connectivity index is 2.63. The first-order valence-electron chi connectivity index (χ1n) is 6.58. The molecule has 5 nitrogen and oxygen atoms in total. The Morgan fingerprint density at radius 1 is 1.25 bits per heavy atom. The Hall–Kier alpha value is -2.04. The Morgan fingerprint density at radius 3 is 2.50 bits per heavy atom. The van der Waals surface area contributed by atoms with E-state index < -0.39 is 11.5 Å². The number of anilines is 1. The number of hydrogen-bond donors (Lipinski definition) is 3. The number of carboxylic acid groups (broad SMARTS) is 1. The molecule has 0 bridgehead atoms. The van der Waals surface area contributed by atoms with Crippen LogP contribution in [0.2, 0.25) is 0 Å². The third kappa shape index (κ3) is 5.30. The first-order chi connectivity index (χ1) is 9.19. The quantitative estimate of drug-likeness (QED) is 0.774. The van der Waals surface area contributed by atoms with Gasteiger partial charge in [-0.25, -0.2) is 4.79 Å². The fourth-order valence-corrected chi connectivity index (χ4v) is 1.81. The average molecular weight is 278 g/mol. The number of aliphatic carboxylic acids is 1. The van der Waals surface area contributed by atoms with Gasteiger partial charge in [-0.2, -0.15) is 0 Å². The fourth-order valence-electron chi connectivity index (χ4n) is 1.81. The Kier molecular flexibility index (Phi) is 5.13. The van der Waals surface area contributed by atoms with E-state index in [4.69, 9.17) is 5.11 Å². The molecule has 2 amide bonds. The molecule has 20 heavy (non-hydrogen) atoms. The molecule has 5 heteroatoms. The van der Waals surface area contributed by atoms with Crippen LogP contribution in [0.4, 0.5) is 10.5 Å². The highest BCUT2D eigenvalue weighted by atomic mass is 16.4. The number of carbonyl (C=O) groups is 2. The summed E-state index contributed by atoms with van der Waals surface area (Å²) in [7, 11) is 0. The molecule has 0 aliphatic rings. The van der Waals surface area contributed by atoms with Crippen LogP contribution in [0, 0.1) is 13.8 Å². The third-order valence-corrected chi connectivity index (χ3v) is 3.06. The van der Waals surface area contributed by atoms with Gasteiger partial charge in [0, 0.05) is 17.6 Å². The third-order valence-electron chi connectivity index (χ3n) is 3.06. The Morgan fingerprint density at radius 2 is 1.90 bits per heavy atom. The first kappa shape index (κ1) is 16.0. The largest absolute Gasteiger partial charge is 0.481 e. The summed E-state index contributed by atoms with van der Waals surface area (Å²) >= 11 is 0. The van der Waals surface area contributed by atoms with Crippen molar-refractivity contribution in [2.45, 2.75) is 46.1 Å². The zero-order chi connectivity index (χ0) is 15.3. The number of nitrogens with one attached hydrogen (secondary N) is 2. The van der Waals surface area contributed by atoms with Crippen molar-refractivity contribution in [2.24, 2.45) is 0 Å². The molecule has 0 radical (unpaired) electrons. The SMILES string of the molecule is Cc1ccc(C)c(NC(=O)NC(C)(C)CCC(=O)O)c1. The van der Waals surface area contributed by atoms with Gasteiger partial charge in [-0.3, -0.25) is 4.79 Å². The molecule has 0 atom stereocenters. The number of hydrogen-bond acceptors (Lipinski definition) is 2. The van der Waals surface area contributed by atoms with Crippen molar-refractivity contribution >= 4 is 17.7 Å². The van der Waals surface area contributed by atoms with E-state index in [0.717, 1.165) is 16.8 Å². The van der Waals surface area contributed by atoms with Gasteiger partial charge in [0.25, 0.3) is 0 Å². The number of benzene rings is 1. The van der Waals surface area contributed by atoms with Crippen molar-refractivity contribution in [2.75, 3.05) is 5.32 Å². The van der Waals surface area contributed by atoms with Gasteiger partial charge >= 0.3 is 12.0 Å². The zero-order valence-electron chi connectivity index (χ0n) is 12.4. The van der Waals surface area contributed by atoms with Crippen LogP contribution in [-0.2, 0) is 4.79 Å². The maximum atomic E-state index is 12.0. The highest BCUT2D eigenvalue weighted by molar-refractivity contribution is 5.90. The molecule has 0 spiro atoms. The highest BCUT2D eigenvalue weighted by Gasteiger charge is 2.21. The smallest absolute Gasteiger partial charge is 0.319 e. The minimum absolute atomic E-state index is 0.0246. The summed E-state index contributed by atoms with van der Waals surface area (Å²) in [5.41, 5.74) is 2.24. The molecule has 0 saturated heterocycles.